The van der Waals surface area contributed by atoms with Crippen molar-refractivity contribution in [2.45, 2.75) is 24.7 Å². The molecule has 0 aromatic heterocycles. The molecule has 0 aliphatic carbocycles. The molecular weight excluding hydrogens is 390 g/mol. The van der Waals surface area contributed by atoms with Crippen molar-refractivity contribution in [2.75, 3.05) is 39.3 Å². The van der Waals surface area contributed by atoms with Crippen LogP contribution in [0.15, 0.2) is 29.2 Å². The third-order valence-corrected chi connectivity index (χ3v) is 7.62. The van der Waals surface area contributed by atoms with Gasteiger partial charge in [0.2, 0.25) is 21.8 Å². The first kappa shape index (κ1) is 20.1. The molecule has 1 aromatic carbocycles. The van der Waals surface area contributed by atoms with Gasteiger partial charge in [0.15, 0.2) is 0 Å². The molecule has 2 aliphatic rings. The molecule has 148 valence electrons. The third kappa shape index (κ3) is 4.28. The van der Waals surface area contributed by atoms with E-state index in [2.05, 4.69) is 0 Å². The first-order valence-corrected chi connectivity index (χ1v) is 10.9. The van der Waals surface area contributed by atoms with Crippen LogP contribution in [-0.4, -0.2) is 73.6 Å². The second kappa shape index (κ2) is 8.16. The van der Waals surface area contributed by atoms with Gasteiger partial charge in [0.1, 0.15) is 4.90 Å². The van der Waals surface area contributed by atoms with Gasteiger partial charge in [-0.3, -0.25) is 9.59 Å². The Bertz CT molecular complexity index is 822. The number of likely N-dealkylation sites (tertiary alicyclic amines) is 1. The summed E-state index contributed by atoms with van der Waals surface area (Å²) < 4.78 is 27.0. The van der Waals surface area contributed by atoms with Gasteiger partial charge >= 0.3 is 0 Å². The summed E-state index contributed by atoms with van der Waals surface area (Å²) in [5, 5.41) is 0.197. The number of halogens is 1. The maximum Gasteiger partial charge on any atom is 0.244 e. The van der Waals surface area contributed by atoms with E-state index in [1.807, 2.05) is 0 Å². The molecule has 9 heteroatoms. The van der Waals surface area contributed by atoms with Crippen LogP contribution in [0.25, 0.3) is 0 Å². The fraction of sp³-hybridized carbons (Fsp3) is 0.556. The predicted octanol–water partition coefficient (Wildman–Crippen LogP) is 1.43. The van der Waals surface area contributed by atoms with Crippen LogP contribution in [0.3, 0.4) is 0 Å². The largest absolute Gasteiger partial charge is 0.342 e. The minimum Gasteiger partial charge on any atom is -0.342 e. The topological polar surface area (TPSA) is 78.0 Å². The molecule has 2 amide bonds. The first-order chi connectivity index (χ1) is 12.8. The number of carbonyl (C=O) groups is 2. The van der Waals surface area contributed by atoms with Crippen molar-refractivity contribution in [3.8, 4) is 0 Å². The highest BCUT2D eigenvalue weighted by Crippen LogP contribution is 2.26. The fourth-order valence-corrected chi connectivity index (χ4v) is 5.58. The number of hydrogen-bond acceptors (Lipinski definition) is 4. The number of piperidine rings is 1. The number of rotatable bonds is 3. The minimum absolute atomic E-state index is 0.00995. The summed E-state index contributed by atoms with van der Waals surface area (Å²) in [5.41, 5.74) is 0. The summed E-state index contributed by atoms with van der Waals surface area (Å²) in [6.45, 7) is 3.84. The Morgan fingerprint density at radius 2 is 1.70 bits per heavy atom. The number of piperazine rings is 1. The van der Waals surface area contributed by atoms with E-state index in [0.29, 0.717) is 26.2 Å². The predicted molar refractivity (Wildman–Crippen MR) is 102 cm³/mol. The summed E-state index contributed by atoms with van der Waals surface area (Å²) in [6.07, 6.45) is 1.58. The number of nitrogens with zero attached hydrogens (tertiary/aromatic N) is 3. The lowest BCUT2D eigenvalue weighted by Crippen LogP contribution is -2.53. The summed E-state index contributed by atoms with van der Waals surface area (Å²) in [7, 11) is -3.68. The van der Waals surface area contributed by atoms with E-state index in [-0.39, 0.29) is 40.7 Å². The monoisotopic (exact) mass is 413 g/mol. The molecule has 0 spiro atoms. The van der Waals surface area contributed by atoms with Crippen molar-refractivity contribution in [1.29, 1.82) is 0 Å². The average molecular weight is 414 g/mol. The van der Waals surface area contributed by atoms with Crippen molar-refractivity contribution in [3.63, 3.8) is 0 Å². The zero-order valence-electron chi connectivity index (χ0n) is 15.3. The quantitative estimate of drug-likeness (QED) is 0.751. The second-order valence-electron chi connectivity index (χ2n) is 6.96. The van der Waals surface area contributed by atoms with Gasteiger partial charge in [0.05, 0.1) is 10.9 Å². The molecule has 2 heterocycles. The molecule has 2 aliphatic heterocycles. The lowest BCUT2D eigenvalue weighted by atomic mass is 9.96. The van der Waals surface area contributed by atoms with Crippen molar-refractivity contribution in [2.24, 2.45) is 5.92 Å². The fourth-order valence-electron chi connectivity index (χ4n) is 3.66. The molecule has 3 rings (SSSR count). The average Bonchev–Trinajstić information content (AvgIpc) is 2.68. The second-order valence-corrected chi connectivity index (χ2v) is 9.28. The summed E-state index contributed by atoms with van der Waals surface area (Å²) in [5.74, 6) is -0.201. The van der Waals surface area contributed by atoms with Crippen LogP contribution in [0.2, 0.25) is 5.02 Å². The Labute approximate surface area is 164 Å². The zero-order chi connectivity index (χ0) is 19.6. The Morgan fingerprint density at radius 3 is 2.33 bits per heavy atom. The molecule has 2 saturated heterocycles. The van der Waals surface area contributed by atoms with Crippen LogP contribution in [0.5, 0.6) is 0 Å². The van der Waals surface area contributed by atoms with Gasteiger partial charge in [0, 0.05) is 46.2 Å². The maximum atomic E-state index is 12.8. The highest BCUT2D eigenvalue weighted by molar-refractivity contribution is 7.89. The van der Waals surface area contributed by atoms with Crippen LogP contribution >= 0.6 is 11.6 Å². The third-order valence-electron chi connectivity index (χ3n) is 5.22. The molecule has 0 saturated carbocycles. The van der Waals surface area contributed by atoms with Gasteiger partial charge in [-0.2, -0.15) is 4.31 Å². The molecule has 1 atom stereocenters. The number of carbonyl (C=O) groups excluding carboxylic acids is 2. The summed E-state index contributed by atoms with van der Waals surface area (Å²) >= 11 is 6.05. The summed E-state index contributed by atoms with van der Waals surface area (Å²) in [6, 6.07) is 6.38. The van der Waals surface area contributed by atoms with E-state index in [4.69, 9.17) is 11.6 Å². The van der Waals surface area contributed by atoms with Crippen molar-refractivity contribution >= 4 is 33.4 Å². The van der Waals surface area contributed by atoms with Gasteiger partial charge < -0.3 is 9.80 Å². The van der Waals surface area contributed by atoms with Gasteiger partial charge in [-0.15, -0.1) is 0 Å². The van der Waals surface area contributed by atoms with Gasteiger partial charge in [-0.1, -0.05) is 23.7 Å². The van der Waals surface area contributed by atoms with Crippen LogP contribution in [0, 0.1) is 5.92 Å². The number of hydrogen-bond donors (Lipinski definition) is 0. The normalized spacial score (nSPS) is 21.9. The van der Waals surface area contributed by atoms with Crippen LogP contribution < -0.4 is 0 Å². The number of amides is 2. The first-order valence-electron chi connectivity index (χ1n) is 9.09. The highest BCUT2D eigenvalue weighted by atomic mass is 35.5. The lowest BCUT2D eigenvalue weighted by Gasteiger charge is -2.38. The SMILES string of the molecule is CC(=O)N1CCC[C@@H](C(=O)N2CCN(S(=O)(=O)c3ccccc3Cl)CC2)C1. The van der Waals surface area contributed by atoms with E-state index in [1.165, 1.54) is 17.3 Å². The van der Waals surface area contributed by atoms with E-state index in [0.717, 1.165) is 12.8 Å². The van der Waals surface area contributed by atoms with Gasteiger partial charge in [-0.05, 0) is 25.0 Å². The van der Waals surface area contributed by atoms with E-state index in [9.17, 15) is 18.0 Å². The molecular formula is C18H24ClN3O4S. The van der Waals surface area contributed by atoms with E-state index < -0.39 is 10.0 Å². The number of benzene rings is 1. The molecule has 27 heavy (non-hydrogen) atoms. The smallest absolute Gasteiger partial charge is 0.244 e. The Kier molecular flexibility index (Phi) is 6.08. The molecule has 0 unspecified atom stereocenters. The van der Waals surface area contributed by atoms with Crippen LogP contribution in [0.4, 0.5) is 0 Å². The number of sulfonamides is 1. The molecule has 1 aromatic rings. The van der Waals surface area contributed by atoms with E-state index in [1.54, 1.807) is 28.0 Å². The summed E-state index contributed by atoms with van der Waals surface area (Å²) in [4.78, 5) is 27.9. The maximum absolute atomic E-state index is 12.8. The molecule has 0 bridgehead atoms. The van der Waals surface area contributed by atoms with Crippen LogP contribution in [-0.2, 0) is 19.6 Å². The van der Waals surface area contributed by atoms with Crippen molar-refractivity contribution < 1.29 is 18.0 Å². The standard InChI is InChI=1S/C18H24ClN3O4S/c1-14(23)21-8-4-5-15(13-21)18(24)20-9-11-22(12-10-20)27(25,26)17-7-3-2-6-16(17)19/h2-3,6-7,15H,4-5,8-13H2,1H3/t15-/m1/s1. The van der Waals surface area contributed by atoms with Crippen molar-refractivity contribution in [3.05, 3.63) is 29.3 Å². The Hall–Kier alpha value is -1.64. The van der Waals surface area contributed by atoms with Gasteiger partial charge in [0.25, 0.3) is 0 Å². The zero-order valence-corrected chi connectivity index (χ0v) is 16.9. The van der Waals surface area contributed by atoms with Crippen LogP contribution in [0.1, 0.15) is 19.8 Å². The van der Waals surface area contributed by atoms with Crippen molar-refractivity contribution in [1.82, 2.24) is 14.1 Å². The molecule has 0 radical (unpaired) electrons. The molecule has 7 nitrogen and oxygen atoms in total. The minimum atomic E-state index is -3.68. The Morgan fingerprint density at radius 1 is 1.04 bits per heavy atom. The highest BCUT2D eigenvalue weighted by Gasteiger charge is 2.35. The lowest BCUT2D eigenvalue weighted by molar-refractivity contribution is -0.141. The van der Waals surface area contributed by atoms with Gasteiger partial charge in [-0.25, -0.2) is 8.42 Å². The molecule has 2 fully saturated rings. The van der Waals surface area contributed by atoms with E-state index >= 15 is 0 Å². The molecule has 0 N–H and O–H groups in total. The Balaban J connectivity index is 1.62.